The van der Waals surface area contributed by atoms with Gasteiger partial charge in [-0.1, -0.05) is 50.2 Å². The van der Waals surface area contributed by atoms with Crippen LogP contribution < -0.4 is 4.90 Å². The topological polar surface area (TPSA) is 73.8 Å². The first-order valence-electron chi connectivity index (χ1n) is 12.6. The molecule has 3 aromatic rings. The maximum absolute atomic E-state index is 13.6. The van der Waals surface area contributed by atoms with Crippen molar-refractivity contribution < 1.29 is 13.2 Å². The Labute approximate surface area is 231 Å². The molecule has 0 unspecified atom stereocenters. The number of benzene rings is 2. The number of para-hydroxylation sites is 1. The van der Waals surface area contributed by atoms with E-state index in [1.165, 1.54) is 11.3 Å². The molecule has 0 aliphatic heterocycles. The summed E-state index contributed by atoms with van der Waals surface area (Å²) in [4.78, 5) is 22.3. The number of anilines is 1. The molecule has 0 saturated heterocycles. The van der Waals surface area contributed by atoms with Crippen molar-refractivity contribution >= 4 is 55.0 Å². The van der Waals surface area contributed by atoms with E-state index in [-0.39, 0.29) is 23.2 Å². The number of sulfonamides is 1. The van der Waals surface area contributed by atoms with E-state index in [0.717, 1.165) is 41.5 Å². The van der Waals surface area contributed by atoms with Gasteiger partial charge in [0.2, 0.25) is 10.0 Å². The Morgan fingerprint density at radius 2 is 1.54 bits per heavy atom. The number of amides is 1. The molecule has 0 spiro atoms. The molecule has 37 heavy (non-hydrogen) atoms. The van der Waals surface area contributed by atoms with Gasteiger partial charge in [-0.05, 0) is 69.8 Å². The summed E-state index contributed by atoms with van der Waals surface area (Å²) in [5, 5.41) is 0.646. The molecule has 7 nitrogen and oxygen atoms in total. The normalized spacial score (nSPS) is 11.8. The van der Waals surface area contributed by atoms with Crippen LogP contribution in [0.15, 0.2) is 47.4 Å². The third-order valence-electron chi connectivity index (χ3n) is 6.12. The van der Waals surface area contributed by atoms with Crippen molar-refractivity contribution in [3.63, 3.8) is 0 Å². The fourth-order valence-corrected chi connectivity index (χ4v) is 6.45. The number of unbranched alkanes of at least 4 members (excludes halogenated alkanes) is 2. The van der Waals surface area contributed by atoms with Gasteiger partial charge in [-0.2, -0.15) is 4.31 Å². The monoisotopic (exact) mass is 566 g/mol. The van der Waals surface area contributed by atoms with E-state index in [9.17, 15) is 13.2 Å². The zero-order valence-corrected chi connectivity index (χ0v) is 24.9. The predicted octanol–water partition coefficient (Wildman–Crippen LogP) is 5.83. The van der Waals surface area contributed by atoms with Crippen LogP contribution in [0.5, 0.6) is 0 Å². The Morgan fingerprint density at radius 3 is 2.08 bits per heavy atom. The number of carbonyl (C=O) groups is 1. The van der Waals surface area contributed by atoms with Crippen LogP contribution in [0.4, 0.5) is 5.13 Å². The van der Waals surface area contributed by atoms with Crippen molar-refractivity contribution in [1.82, 2.24) is 14.2 Å². The molecule has 1 heterocycles. The third-order valence-corrected chi connectivity index (χ3v) is 9.07. The van der Waals surface area contributed by atoms with Gasteiger partial charge in [0.25, 0.3) is 5.91 Å². The Bertz CT molecular complexity index is 1250. The number of hydrogen-bond acceptors (Lipinski definition) is 6. The first-order valence-corrected chi connectivity index (χ1v) is 14.9. The van der Waals surface area contributed by atoms with Crippen molar-refractivity contribution in [1.29, 1.82) is 0 Å². The highest BCUT2D eigenvalue weighted by Crippen LogP contribution is 2.31. The van der Waals surface area contributed by atoms with Crippen molar-refractivity contribution in [2.45, 2.75) is 51.3 Å². The fraction of sp³-hybridized carbons (Fsp3) is 0.481. The number of halogens is 1. The fourth-order valence-electron chi connectivity index (χ4n) is 3.87. The van der Waals surface area contributed by atoms with Gasteiger partial charge in [0, 0.05) is 31.7 Å². The molecular weight excluding hydrogens is 528 g/mol. The molecule has 2 aromatic carbocycles. The summed E-state index contributed by atoms with van der Waals surface area (Å²) in [5.74, 6) is -0.189. The number of hydrogen-bond donors (Lipinski definition) is 0. The first-order chi connectivity index (χ1) is 17.2. The van der Waals surface area contributed by atoms with Gasteiger partial charge in [-0.15, -0.1) is 12.4 Å². The second-order valence-corrected chi connectivity index (χ2v) is 12.3. The summed E-state index contributed by atoms with van der Waals surface area (Å²) in [5.41, 5.74) is 2.42. The van der Waals surface area contributed by atoms with Gasteiger partial charge in [0.1, 0.15) is 0 Å². The zero-order valence-electron chi connectivity index (χ0n) is 22.4. The molecule has 0 fully saturated rings. The highest BCUT2D eigenvalue weighted by atomic mass is 35.5. The van der Waals surface area contributed by atoms with Crippen LogP contribution >= 0.6 is 23.7 Å². The van der Waals surface area contributed by atoms with E-state index in [0.29, 0.717) is 36.9 Å². The number of aromatic nitrogens is 1. The molecule has 10 heteroatoms. The first kappa shape index (κ1) is 31.2. The minimum Gasteiger partial charge on any atom is -0.308 e. The number of thiazole rings is 1. The molecular formula is C27H39ClN4O3S2. The number of fused-ring (bicyclic) bond motifs is 1. The van der Waals surface area contributed by atoms with Gasteiger partial charge in [0.05, 0.1) is 15.1 Å². The maximum Gasteiger partial charge on any atom is 0.260 e. The SMILES string of the molecule is CCCCN(CCCC)S(=O)(=O)c1ccc(C(=O)N(CCN(C)C)c2nc3c(C)cccc3s2)cc1.Cl. The van der Waals surface area contributed by atoms with Crippen LogP contribution in [0.1, 0.15) is 55.5 Å². The number of nitrogens with zero attached hydrogens (tertiary/aromatic N) is 4. The smallest absolute Gasteiger partial charge is 0.260 e. The highest BCUT2D eigenvalue weighted by molar-refractivity contribution is 7.89. The lowest BCUT2D eigenvalue weighted by Crippen LogP contribution is -2.37. The molecule has 0 aliphatic carbocycles. The summed E-state index contributed by atoms with van der Waals surface area (Å²) in [6.07, 6.45) is 3.50. The van der Waals surface area contributed by atoms with Gasteiger partial charge in [-0.3, -0.25) is 9.69 Å². The predicted molar refractivity (Wildman–Crippen MR) is 157 cm³/mol. The molecule has 0 atom stereocenters. The van der Waals surface area contributed by atoms with Gasteiger partial charge >= 0.3 is 0 Å². The second-order valence-electron chi connectivity index (χ2n) is 9.31. The molecule has 0 bridgehead atoms. The average Bonchev–Trinajstić information content (AvgIpc) is 3.29. The Balaban J connectivity index is 0.00000481. The lowest BCUT2D eigenvalue weighted by Gasteiger charge is -2.23. The summed E-state index contributed by atoms with van der Waals surface area (Å²) >= 11 is 1.49. The minimum atomic E-state index is -3.61. The van der Waals surface area contributed by atoms with Gasteiger partial charge in [0.15, 0.2) is 5.13 Å². The lowest BCUT2D eigenvalue weighted by molar-refractivity contribution is 0.0985. The molecule has 0 aliphatic rings. The van der Waals surface area contributed by atoms with Crippen LogP contribution in [0.3, 0.4) is 0 Å². The number of rotatable bonds is 13. The maximum atomic E-state index is 13.6. The Hall–Kier alpha value is -2.04. The number of carbonyl (C=O) groups excluding carboxylic acids is 1. The van der Waals surface area contributed by atoms with E-state index >= 15 is 0 Å². The molecule has 1 aromatic heterocycles. The molecule has 0 radical (unpaired) electrons. The van der Waals surface area contributed by atoms with Gasteiger partial charge < -0.3 is 4.90 Å². The van der Waals surface area contributed by atoms with Crippen LogP contribution in [0, 0.1) is 6.92 Å². The van der Waals surface area contributed by atoms with E-state index in [4.69, 9.17) is 4.98 Å². The van der Waals surface area contributed by atoms with Crippen LogP contribution in [-0.2, 0) is 10.0 Å². The van der Waals surface area contributed by atoms with E-state index in [1.54, 1.807) is 33.5 Å². The van der Waals surface area contributed by atoms with E-state index in [1.807, 2.05) is 44.1 Å². The Kier molecular flexibility index (Phi) is 12.0. The van der Waals surface area contributed by atoms with Gasteiger partial charge in [-0.25, -0.2) is 13.4 Å². The zero-order chi connectivity index (χ0) is 26.3. The molecule has 1 amide bonds. The standard InChI is InChI=1S/C27H38N4O3S2.ClH/c1-6-8-17-30(18-9-7-2)36(33,34)23-15-13-22(14-16-23)26(32)31(20-19-29(4)5)27-28-25-21(3)11-10-12-24(25)35-27;/h10-16H,6-9,17-20H2,1-5H3;1H. The van der Waals surface area contributed by atoms with Crippen LogP contribution in [0.25, 0.3) is 10.2 Å². The van der Waals surface area contributed by atoms with E-state index < -0.39 is 10.0 Å². The molecule has 0 N–H and O–H groups in total. The summed E-state index contributed by atoms with van der Waals surface area (Å²) in [6.45, 7) is 8.30. The quantitative estimate of drug-likeness (QED) is 0.260. The summed E-state index contributed by atoms with van der Waals surface area (Å²) in [7, 11) is 0.319. The second kappa shape index (κ2) is 14.2. The average molecular weight is 567 g/mol. The summed E-state index contributed by atoms with van der Waals surface area (Å²) < 4.78 is 29.2. The lowest BCUT2D eigenvalue weighted by atomic mass is 10.2. The van der Waals surface area contributed by atoms with E-state index in [2.05, 4.69) is 13.8 Å². The molecule has 3 rings (SSSR count). The van der Waals surface area contributed by atoms with Crippen LogP contribution in [0.2, 0.25) is 0 Å². The Morgan fingerprint density at radius 1 is 0.919 bits per heavy atom. The third kappa shape index (κ3) is 7.74. The molecule has 204 valence electrons. The van der Waals surface area contributed by atoms with Crippen molar-refractivity contribution in [2.75, 3.05) is 45.2 Å². The van der Waals surface area contributed by atoms with Crippen molar-refractivity contribution in [3.8, 4) is 0 Å². The molecule has 0 saturated carbocycles. The van der Waals surface area contributed by atoms with Crippen molar-refractivity contribution in [2.24, 2.45) is 0 Å². The number of likely N-dealkylation sites (N-methyl/N-ethyl adjacent to an activating group) is 1. The van der Waals surface area contributed by atoms with Crippen molar-refractivity contribution in [3.05, 3.63) is 53.6 Å². The largest absolute Gasteiger partial charge is 0.308 e. The summed E-state index contributed by atoms with van der Waals surface area (Å²) in [6, 6.07) is 12.4. The minimum absolute atomic E-state index is 0. The van der Waals surface area contributed by atoms with Crippen LogP contribution in [-0.4, -0.2) is 68.8 Å². The number of aryl methyl sites for hydroxylation is 1. The highest BCUT2D eigenvalue weighted by Gasteiger charge is 2.26.